The number of hydrogen-bond acceptors (Lipinski definition) is 2. The lowest BCUT2D eigenvalue weighted by Crippen LogP contribution is -2.34. The van der Waals surface area contributed by atoms with E-state index in [1.165, 1.54) is 5.56 Å². The van der Waals surface area contributed by atoms with E-state index in [1.54, 1.807) is 0 Å². The second-order valence-corrected chi connectivity index (χ2v) is 5.40. The monoisotopic (exact) mass is 242 g/mol. The van der Waals surface area contributed by atoms with Gasteiger partial charge in [-0.05, 0) is 18.9 Å². The zero-order valence-corrected chi connectivity index (χ0v) is 10.6. The highest BCUT2D eigenvalue weighted by Gasteiger charge is 2.60. The summed E-state index contributed by atoms with van der Waals surface area (Å²) in [6.07, 6.45) is 8.00. The maximum Gasteiger partial charge on any atom is 0.106 e. The smallest absolute Gasteiger partial charge is 0.106 e. The zero-order valence-electron chi connectivity index (χ0n) is 10.6. The van der Waals surface area contributed by atoms with Crippen molar-refractivity contribution in [2.75, 3.05) is 0 Å². The Morgan fingerprint density at radius 1 is 1.39 bits per heavy atom. The van der Waals surface area contributed by atoms with E-state index in [4.69, 9.17) is 15.9 Å². The Morgan fingerprint density at radius 2 is 2.17 bits per heavy atom. The lowest BCUT2D eigenvalue weighted by atomic mass is 9.79. The molecule has 2 nitrogen and oxygen atoms in total. The number of rotatable bonds is 3. The number of benzene rings is 1. The van der Waals surface area contributed by atoms with E-state index in [-0.39, 0.29) is 17.6 Å². The van der Waals surface area contributed by atoms with Crippen LogP contribution in [0.2, 0.25) is 0 Å². The van der Waals surface area contributed by atoms with Crippen molar-refractivity contribution in [2.45, 2.75) is 44.2 Å². The van der Waals surface area contributed by atoms with Gasteiger partial charge in [0, 0.05) is 6.42 Å². The van der Waals surface area contributed by atoms with Gasteiger partial charge in [-0.25, -0.2) is 0 Å². The number of terminal acetylenes is 1. The van der Waals surface area contributed by atoms with E-state index in [1.807, 2.05) is 18.2 Å². The lowest BCUT2D eigenvalue weighted by Gasteiger charge is -2.27. The molecule has 0 bridgehead atoms. The molecule has 1 aliphatic heterocycles. The fourth-order valence-electron chi connectivity index (χ4n) is 2.85. The third-order valence-electron chi connectivity index (χ3n) is 4.18. The summed E-state index contributed by atoms with van der Waals surface area (Å²) in [4.78, 5) is 0. The Kier molecular flexibility index (Phi) is 2.89. The molecule has 0 amide bonds. The Morgan fingerprint density at radius 3 is 2.89 bits per heavy atom. The van der Waals surface area contributed by atoms with Gasteiger partial charge in [0.2, 0.25) is 0 Å². The molecule has 2 heteroatoms. The van der Waals surface area contributed by atoms with E-state index in [0.29, 0.717) is 12.7 Å². The fourth-order valence-corrected chi connectivity index (χ4v) is 2.85. The van der Waals surface area contributed by atoms with E-state index in [9.17, 15) is 0 Å². The van der Waals surface area contributed by atoms with Crippen LogP contribution in [0.3, 0.4) is 0 Å². The Bertz CT molecular complexity index is 462. The maximum atomic E-state index is 5.97. The summed E-state index contributed by atoms with van der Waals surface area (Å²) in [7, 11) is 0. The van der Waals surface area contributed by atoms with Crippen LogP contribution in [0, 0.1) is 18.3 Å². The second-order valence-electron chi connectivity index (χ2n) is 5.40. The van der Waals surface area contributed by atoms with Gasteiger partial charge >= 0.3 is 0 Å². The molecule has 0 unspecified atom stereocenters. The molecule has 2 fully saturated rings. The number of hydrogen-bond donors (Lipinski definition) is 0. The maximum absolute atomic E-state index is 5.97. The quantitative estimate of drug-likeness (QED) is 0.600. The third kappa shape index (κ3) is 2.05. The van der Waals surface area contributed by atoms with Crippen molar-refractivity contribution >= 4 is 0 Å². The molecule has 0 spiro atoms. The highest BCUT2D eigenvalue weighted by Crippen LogP contribution is 2.51. The first-order valence-corrected chi connectivity index (χ1v) is 6.52. The van der Waals surface area contributed by atoms with E-state index < -0.39 is 0 Å². The van der Waals surface area contributed by atoms with Crippen molar-refractivity contribution in [1.29, 1.82) is 0 Å². The Balaban J connectivity index is 1.57. The molecule has 0 aromatic heterocycles. The number of fused-ring (bicyclic) bond motifs is 1. The van der Waals surface area contributed by atoms with Crippen molar-refractivity contribution in [3.8, 4) is 12.3 Å². The molecule has 1 aromatic carbocycles. The number of epoxide rings is 1. The van der Waals surface area contributed by atoms with Crippen LogP contribution in [0.1, 0.15) is 25.3 Å². The van der Waals surface area contributed by atoms with Gasteiger partial charge in [-0.15, -0.1) is 12.3 Å². The highest BCUT2D eigenvalue weighted by molar-refractivity contribution is 5.18. The summed E-state index contributed by atoms with van der Waals surface area (Å²) in [5, 5.41) is 0. The molecule has 0 radical (unpaired) electrons. The van der Waals surface area contributed by atoms with Gasteiger partial charge in [0.1, 0.15) is 5.60 Å². The summed E-state index contributed by atoms with van der Waals surface area (Å²) in [6.45, 7) is 2.78. The first kappa shape index (κ1) is 11.8. The SMILES string of the molecule is C#C[C@@H]1C[C@@H](OCc2ccccc2)C[C@H]2O[C@@]12C. The van der Waals surface area contributed by atoms with Crippen LogP contribution in [-0.2, 0) is 16.1 Å². The zero-order chi connectivity index (χ0) is 12.6. The van der Waals surface area contributed by atoms with E-state index in [2.05, 4.69) is 25.0 Å². The third-order valence-corrected chi connectivity index (χ3v) is 4.18. The van der Waals surface area contributed by atoms with E-state index >= 15 is 0 Å². The summed E-state index contributed by atoms with van der Waals surface area (Å²) < 4.78 is 11.7. The van der Waals surface area contributed by atoms with Crippen molar-refractivity contribution in [3.63, 3.8) is 0 Å². The van der Waals surface area contributed by atoms with E-state index in [0.717, 1.165) is 12.8 Å². The average Bonchev–Trinajstić information content (AvgIpc) is 3.08. The van der Waals surface area contributed by atoms with Gasteiger partial charge < -0.3 is 9.47 Å². The topological polar surface area (TPSA) is 21.8 Å². The van der Waals surface area contributed by atoms with Crippen molar-refractivity contribution in [3.05, 3.63) is 35.9 Å². The van der Waals surface area contributed by atoms with Crippen LogP contribution < -0.4 is 0 Å². The predicted molar refractivity (Wildman–Crippen MR) is 69.9 cm³/mol. The molecule has 0 N–H and O–H groups in total. The van der Waals surface area contributed by atoms with Crippen LogP contribution in [-0.4, -0.2) is 17.8 Å². The molecule has 1 saturated heterocycles. The highest BCUT2D eigenvalue weighted by atomic mass is 16.6. The summed E-state index contributed by atoms with van der Waals surface area (Å²) in [6, 6.07) is 10.2. The average molecular weight is 242 g/mol. The largest absolute Gasteiger partial charge is 0.373 e. The predicted octanol–water partition coefficient (Wildman–Crippen LogP) is 2.77. The summed E-state index contributed by atoms with van der Waals surface area (Å²) in [5.74, 6) is 3.05. The molecule has 18 heavy (non-hydrogen) atoms. The van der Waals surface area contributed by atoms with Crippen LogP contribution in [0.5, 0.6) is 0 Å². The van der Waals surface area contributed by atoms with Gasteiger partial charge in [-0.2, -0.15) is 0 Å². The Hall–Kier alpha value is -1.30. The van der Waals surface area contributed by atoms with Crippen molar-refractivity contribution in [2.24, 2.45) is 5.92 Å². The van der Waals surface area contributed by atoms with Gasteiger partial charge in [0.15, 0.2) is 0 Å². The van der Waals surface area contributed by atoms with Crippen LogP contribution in [0.25, 0.3) is 0 Å². The minimum Gasteiger partial charge on any atom is -0.373 e. The standard InChI is InChI=1S/C16H18O2/c1-3-13-9-14(10-15-16(13,2)18-15)17-11-12-7-5-4-6-8-12/h1,4-8,13-15H,9-11H2,2H3/t13-,14-,15-,16+/m1/s1. The van der Waals surface area contributed by atoms with Crippen LogP contribution >= 0.6 is 0 Å². The first-order chi connectivity index (χ1) is 8.72. The van der Waals surface area contributed by atoms with Gasteiger partial charge in [0.25, 0.3) is 0 Å². The van der Waals surface area contributed by atoms with Gasteiger partial charge in [0.05, 0.1) is 24.7 Å². The normalized spacial score (nSPS) is 37.7. The molecule has 3 rings (SSSR count). The van der Waals surface area contributed by atoms with Crippen molar-refractivity contribution < 1.29 is 9.47 Å². The molecule has 2 aliphatic rings. The van der Waals surface area contributed by atoms with Gasteiger partial charge in [-0.3, -0.25) is 0 Å². The first-order valence-electron chi connectivity index (χ1n) is 6.52. The molecule has 1 saturated carbocycles. The molecular weight excluding hydrogens is 224 g/mol. The second kappa shape index (κ2) is 4.42. The minimum absolute atomic E-state index is 0.0681. The minimum atomic E-state index is -0.0681. The molecular formula is C16H18O2. The van der Waals surface area contributed by atoms with Crippen LogP contribution in [0.15, 0.2) is 30.3 Å². The molecule has 1 aliphatic carbocycles. The number of ether oxygens (including phenoxy) is 2. The summed E-state index contributed by atoms with van der Waals surface area (Å²) >= 11 is 0. The van der Waals surface area contributed by atoms with Crippen molar-refractivity contribution in [1.82, 2.24) is 0 Å². The molecule has 4 atom stereocenters. The lowest BCUT2D eigenvalue weighted by molar-refractivity contribution is 0.0105. The molecule has 1 aromatic rings. The van der Waals surface area contributed by atoms with Gasteiger partial charge in [-0.1, -0.05) is 30.3 Å². The Labute approximate surface area is 108 Å². The van der Waals surface area contributed by atoms with Crippen LogP contribution in [0.4, 0.5) is 0 Å². The molecule has 94 valence electrons. The fraction of sp³-hybridized carbons (Fsp3) is 0.500. The molecule has 1 heterocycles. The summed E-state index contributed by atoms with van der Waals surface area (Å²) in [5.41, 5.74) is 1.14.